The number of carbonyl (C=O) groups is 3. The van der Waals surface area contributed by atoms with E-state index in [9.17, 15) is 14.4 Å². The highest BCUT2D eigenvalue weighted by Crippen LogP contribution is 2.22. The normalized spacial score (nSPS) is 14.4. The lowest BCUT2D eigenvalue weighted by Crippen LogP contribution is -2.49. The summed E-state index contributed by atoms with van der Waals surface area (Å²) in [7, 11) is 0. The molecule has 7 nitrogen and oxygen atoms in total. The van der Waals surface area contributed by atoms with Gasteiger partial charge in [0.2, 0.25) is 0 Å². The molecule has 0 amide bonds. The molecule has 1 N–H and O–H groups in total. The maximum atomic E-state index is 11.8. The molecule has 7 heteroatoms. The summed E-state index contributed by atoms with van der Waals surface area (Å²) in [6.07, 6.45) is 2.44. The first-order chi connectivity index (χ1) is 10.8. The molecule has 2 unspecified atom stereocenters. The van der Waals surface area contributed by atoms with Crippen molar-refractivity contribution in [3.63, 3.8) is 0 Å². The molecule has 0 aromatic heterocycles. The van der Waals surface area contributed by atoms with Crippen LogP contribution in [0.2, 0.25) is 0 Å². The molecular formula is C16H28N2O5. The summed E-state index contributed by atoms with van der Waals surface area (Å²) in [5.74, 6) is -1.33. The van der Waals surface area contributed by atoms with E-state index in [1.807, 2.05) is 13.8 Å². The molecule has 0 saturated heterocycles. The second-order valence-corrected chi connectivity index (χ2v) is 5.68. The molecule has 0 aromatic rings. The van der Waals surface area contributed by atoms with E-state index >= 15 is 0 Å². The van der Waals surface area contributed by atoms with E-state index < -0.39 is 29.4 Å². The van der Waals surface area contributed by atoms with Crippen molar-refractivity contribution in [3.05, 3.63) is 0 Å². The molecule has 0 aromatic carbocycles. The lowest BCUT2D eigenvalue weighted by Gasteiger charge is -2.29. The lowest BCUT2D eigenvalue weighted by atomic mass is 9.91. The van der Waals surface area contributed by atoms with E-state index in [1.165, 1.54) is 13.8 Å². The van der Waals surface area contributed by atoms with Crippen LogP contribution in [0.25, 0.3) is 0 Å². The number of hydrogen-bond acceptors (Lipinski definition) is 7. The van der Waals surface area contributed by atoms with Crippen LogP contribution in [0.4, 0.5) is 0 Å². The fourth-order valence-electron chi connectivity index (χ4n) is 1.79. The summed E-state index contributed by atoms with van der Waals surface area (Å²) in [4.78, 5) is 35.3. The van der Waals surface area contributed by atoms with Gasteiger partial charge in [-0.2, -0.15) is 5.11 Å². The molecule has 2 atom stereocenters. The van der Waals surface area contributed by atoms with Gasteiger partial charge in [0.15, 0.2) is 17.4 Å². The zero-order valence-electron chi connectivity index (χ0n) is 14.5. The number of nitrogens with zero attached hydrogens (tertiary/aromatic N) is 1. The first-order valence-electron chi connectivity index (χ1n) is 8.06. The zero-order valence-corrected chi connectivity index (χ0v) is 14.5. The first-order valence-corrected chi connectivity index (χ1v) is 8.06. The number of carbonyl (C=O) groups excluding carboxylic acids is 3. The average molecular weight is 328 g/mol. The minimum atomic E-state index is -1.55. The highest BCUT2D eigenvalue weighted by molar-refractivity contribution is 5.87. The Bertz CT molecular complexity index is 425. The number of esters is 2. The van der Waals surface area contributed by atoms with E-state index in [4.69, 9.17) is 15.0 Å². The van der Waals surface area contributed by atoms with Crippen molar-refractivity contribution in [2.75, 3.05) is 6.61 Å². The highest BCUT2D eigenvalue weighted by atomic mass is 16.6. The molecule has 0 rings (SSSR count). The summed E-state index contributed by atoms with van der Waals surface area (Å²) in [6, 6.07) is 0. The Labute approximate surface area is 137 Å². The Kier molecular flexibility index (Phi) is 10.0. The Morgan fingerprint density at radius 2 is 1.61 bits per heavy atom. The molecule has 0 radical (unpaired) electrons. The van der Waals surface area contributed by atoms with E-state index in [2.05, 4.69) is 5.11 Å². The van der Waals surface area contributed by atoms with E-state index in [0.717, 1.165) is 12.8 Å². The van der Waals surface area contributed by atoms with Crippen LogP contribution >= 0.6 is 0 Å². The number of ether oxygens (including phenoxy) is 2. The van der Waals surface area contributed by atoms with Gasteiger partial charge in [0.1, 0.15) is 6.61 Å². The number of Topliss-reactive ketones (excluding diaryl/α,β-unsaturated/α-hetero) is 1. The van der Waals surface area contributed by atoms with Gasteiger partial charge in [0.05, 0.1) is 0 Å². The van der Waals surface area contributed by atoms with Gasteiger partial charge in [-0.25, -0.2) is 5.53 Å². The molecule has 0 fully saturated rings. The molecule has 0 aliphatic rings. The van der Waals surface area contributed by atoms with Crippen molar-refractivity contribution in [3.8, 4) is 0 Å². The van der Waals surface area contributed by atoms with Crippen LogP contribution < -0.4 is 0 Å². The van der Waals surface area contributed by atoms with Crippen LogP contribution in [-0.2, 0) is 23.9 Å². The fraction of sp³-hybridized carbons (Fsp3) is 0.812. The van der Waals surface area contributed by atoms with Crippen LogP contribution in [0.3, 0.4) is 0 Å². The van der Waals surface area contributed by atoms with E-state index in [0.29, 0.717) is 12.8 Å². The Hall–Kier alpha value is -1.79. The van der Waals surface area contributed by atoms with Crippen molar-refractivity contribution in [1.82, 2.24) is 0 Å². The van der Waals surface area contributed by atoms with Gasteiger partial charge < -0.3 is 9.47 Å². The maximum Gasteiger partial charge on any atom is 0.306 e. The molecule has 0 aliphatic heterocycles. The number of rotatable bonds is 12. The third-order valence-corrected chi connectivity index (χ3v) is 3.71. The number of ketones is 1. The topological polar surface area (TPSA) is 106 Å². The van der Waals surface area contributed by atoms with Gasteiger partial charge in [0, 0.05) is 12.8 Å². The van der Waals surface area contributed by atoms with Crippen LogP contribution in [0, 0.1) is 5.53 Å². The van der Waals surface area contributed by atoms with Gasteiger partial charge in [-0.05, 0) is 26.7 Å². The summed E-state index contributed by atoms with van der Waals surface area (Å²) in [5, 5.41) is 3.33. The Morgan fingerprint density at radius 1 is 1.09 bits per heavy atom. The lowest BCUT2D eigenvalue weighted by molar-refractivity contribution is -0.165. The van der Waals surface area contributed by atoms with Crippen molar-refractivity contribution in [2.24, 2.45) is 5.11 Å². The summed E-state index contributed by atoms with van der Waals surface area (Å²) in [5.41, 5.74) is 5.72. The van der Waals surface area contributed by atoms with Crippen molar-refractivity contribution in [2.45, 2.75) is 77.9 Å². The quantitative estimate of drug-likeness (QED) is 0.437. The monoisotopic (exact) mass is 328 g/mol. The summed E-state index contributed by atoms with van der Waals surface area (Å²) in [6.45, 7) is 6.29. The fourth-order valence-corrected chi connectivity index (χ4v) is 1.79. The van der Waals surface area contributed by atoms with Crippen molar-refractivity contribution >= 4 is 17.7 Å². The number of nitrogens with one attached hydrogen (secondary N) is 1. The Balaban J connectivity index is 4.93. The summed E-state index contributed by atoms with van der Waals surface area (Å²) >= 11 is 0. The third-order valence-electron chi connectivity index (χ3n) is 3.71. The van der Waals surface area contributed by atoms with Gasteiger partial charge in [-0.1, -0.05) is 26.7 Å². The maximum absolute atomic E-state index is 11.8. The van der Waals surface area contributed by atoms with Gasteiger partial charge >= 0.3 is 11.9 Å². The first kappa shape index (κ1) is 21.2. The van der Waals surface area contributed by atoms with Gasteiger partial charge in [-0.3, -0.25) is 14.4 Å². The number of hydrogen-bond donors (Lipinski definition) is 1. The molecule has 0 heterocycles. The van der Waals surface area contributed by atoms with Crippen LogP contribution in [0.5, 0.6) is 0 Å². The van der Waals surface area contributed by atoms with Crippen LogP contribution in [-0.4, -0.2) is 36.0 Å². The van der Waals surface area contributed by atoms with Gasteiger partial charge in [-0.15, -0.1) is 0 Å². The van der Waals surface area contributed by atoms with Crippen LogP contribution in [0.1, 0.15) is 66.2 Å². The standard InChI is InChI=1S/C16H28N2O5/c1-5-7-9-14(20)22-11-13(16(4,18-17)12(3)19)23-15(21)10-8-6-2/h13,17H,5-11H2,1-4H3. The van der Waals surface area contributed by atoms with Crippen LogP contribution in [0.15, 0.2) is 5.11 Å². The second kappa shape index (κ2) is 10.9. The minimum Gasteiger partial charge on any atom is -0.462 e. The average Bonchev–Trinajstić information content (AvgIpc) is 2.53. The molecule has 0 aliphatic carbocycles. The SMILES string of the molecule is CCCCC(=O)OCC(OC(=O)CCCC)C(C)(N=N)C(C)=O. The zero-order chi connectivity index (χ0) is 17.9. The van der Waals surface area contributed by atoms with E-state index in [-0.39, 0.29) is 19.4 Å². The van der Waals surface area contributed by atoms with Gasteiger partial charge in [0.25, 0.3) is 0 Å². The molecule has 0 saturated carbocycles. The molecular weight excluding hydrogens is 300 g/mol. The largest absolute Gasteiger partial charge is 0.462 e. The molecule has 23 heavy (non-hydrogen) atoms. The predicted molar refractivity (Wildman–Crippen MR) is 84.1 cm³/mol. The van der Waals surface area contributed by atoms with Crippen molar-refractivity contribution < 1.29 is 23.9 Å². The Morgan fingerprint density at radius 3 is 2.04 bits per heavy atom. The molecule has 0 bridgehead atoms. The second-order valence-electron chi connectivity index (χ2n) is 5.68. The third kappa shape index (κ3) is 7.34. The molecule has 132 valence electrons. The number of unbranched alkanes of at least 4 members (excludes halogenated alkanes) is 2. The summed E-state index contributed by atoms with van der Waals surface area (Å²) < 4.78 is 10.4. The highest BCUT2D eigenvalue weighted by Gasteiger charge is 2.42. The van der Waals surface area contributed by atoms with Crippen molar-refractivity contribution in [1.29, 1.82) is 5.53 Å². The minimum absolute atomic E-state index is 0.211. The van der Waals surface area contributed by atoms with E-state index in [1.54, 1.807) is 0 Å². The molecule has 0 spiro atoms. The predicted octanol–water partition coefficient (Wildman–Crippen LogP) is 3.20. The smallest absolute Gasteiger partial charge is 0.306 e.